The summed E-state index contributed by atoms with van der Waals surface area (Å²) in [6, 6.07) is 9.11. The third-order valence-corrected chi connectivity index (χ3v) is 7.05. The van der Waals surface area contributed by atoms with Gasteiger partial charge in [-0.25, -0.2) is 4.79 Å². The number of benzene rings is 1. The van der Waals surface area contributed by atoms with Crippen LogP contribution in [-0.4, -0.2) is 99.5 Å². The monoisotopic (exact) mass is 492 g/mol. The van der Waals surface area contributed by atoms with Gasteiger partial charge in [0, 0.05) is 12.0 Å². The van der Waals surface area contributed by atoms with Gasteiger partial charge in [0.1, 0.15) is 42.7 Å². The SMILES string of the molecule is O=C(/C=C/c1ccccc1)OCC1OC(O[C@@H]2OC=CC3C2C2(CO)O[C@H]2[C@H]3O)C(O)C(O)C1O. The molecule has 5 rings (SSSR count). The highest BCUT2D eigenvalue weighted by molar-refractivity contribution is 5.87. The first-order valence-electron chi connectivity index (χ1n) is 11.4. The van der Waals surface area contributed by atoms with Crippen LogP contribution in [0.1, 0.15) is 5.56 Å². The van der Waals surface area contributed by atoms with E-state index in [9.17, 15) is 30.3 Å². The fourth-order valence-corrected chi connectivity index (χ4v) is 5.10. The van der Waals surface area contributed by atoms with Crippen LogP contribution in [0.3, 0.4) is 0 Å². The number of carbonyl (C=O) groups is 1. The summed E-state index contributed by atoms with van der Waals surface area (Å²) < 4.78 is 27.7. The number of hydrogen-bond acceptors (Lipinski definition) is 11. The zero-order valence-electron chi connectivity index (χ0n) is 18.6. The highest BCUT2D eigenvalue weighted by atomic mass is 16.8. The fourth-order valence-electron chi connectivity index (χ4n) is 5.10. The normalized spacial score (nSPS) is 43.9. The van der Waals surface area contributed by atoms with E-state index in [0.717, 1.165) is 5.56 Å². The number of carbonyl (C=O) groups excluding carboxylic acids is 1. The molecule has 4 aliphatic rings. The van der Waals surface area contributed by atoms with Crippen molar-refractivity contribution < 1.29 is 54.0 Å². The first kappa shape index (κ1) is 24.3. The predicted molar refractivity (Wildman–Crippen MR) is 116 cm³/mol. The first-order chi connectivity index (χ1) is 16.9. The number of hydrogen-bond donors (Lipinski definition) is 5. The van der Waals surface area contributed by atoms with Crippen molar-refractivity contribution in [3.63, 3.8) is 0 Å². The molecule has 0 spiro atoms. The average Bonchev–Trinajstić information content (AvgIpc) is 3.57. The average molecular weight is 492 g/mol. The molecule has 11 nitrogen and oxygen atoms in total. The smallest absolute Gasteiger partial charge is 0.330 e. The number of rotatable bonds is 7. The number of esters is 1. The largest absolute Gasteiger partial charge is 0.472 e. The van der Waals surface area contributed by atoms with Gasteiger partial charge in [0.25, 0.3) is 0 Å². The Morgan fingerprint density at radius 2 is 1.80 bits per heavy atom. The van der Waals surface area contributed by atoms with Gasteiger partial charge in [-0.3, -0.25) is 0 Å². The molecule has 3 aliphatic heterocycles. The summed E-state index contributed by atoms with van der Waals surface area (Å²) in [7, 11) is 0. The number of epoxide rings is 1. The molecule has 11 heteroatoms. The number of aliphatic hydroxyl groups is 5. The maximum atomic E-state index is 12.1. The molecule has 8 unspecified atom stereocenters. The minimum Gasteiger partial charge on any atom is -0.472 e. The highest BCUT2D eigenvalue weighted by Crippen LogP contribution is 2.59. The van der Waals surface area contributed by atoms with Crippen molar-refractivity contribution in [2.45, 2.75) is 54.8 Å². The van der Waals surface area contributed by atoms with Crippen molar-refractivity contribution in [3.05, 3.63) is 54.3 Å². The minimum atomic E-state index is -1.65. The number of aliphatic hydroxyl groups excluding tert-OH is 5. The van der Waals surface area contributed by atoms with Crippen molar-refractivity contribution in [2.24, 2.45) is 11.8 Å². The molecule has 0 bridgehead atoms. The fraction of sp³-hybridized carbons (Fsp3) is 0.542. The molecular formula is C24H28O11. The second kappa shape index (κ2) is 9.60. The quantitative estimate of drug-likeness (QED) is 0.174. The Morgan fingerprint density at radius 3 is 2.54 bits per heavy atom. The molecule has 1 aliphatic carbocycles. The summed E-state index contributed by atoms with van der Waals surface area (Å²) in [5.41, 5.74) is -0.248. The molecule has 35 heavy (non-hydrogen) atoms. The molecule has 0 amide bonds. The predicted octanol–water partition coefficient (Wildman–Crippen LogP) is -1.33. The van der Waals surface area contributed by atoms with Gasteiger partial charge in [-0.1, -0.05) is 30.3 Å². The Hall–Kier alpha value is -2.35. The van der Waals surface area contributed by atoms with E-state index < -0.39 is 79.2 Å². The maximum Gasteiger partial charge on any atom is 0.330 e. The topological polar surface area (TPSA) is 168 Å². The molecule has 1 aromatic carbocycles. The van der Waals surface area contributed by atoms with Gasteiger partial charge in [0.05, 0.1) is 24.9 Å². The molecule has 0 aromatic heterocycles. The lowest BCUT2D eigenvalue weighted by molar-refractivity contribution is -0.344. The molecule has 190 valence electrons. The van der Waals surface area contributed by atoms with Gasteiger partial charge >= 0.3 is 5.97 Å². The summed E-state index contributed by atoms with van der Waals surface area (Å²) >= 11 is 0. The standard InChI is InChI=1S/C24H28O11/c25-11-24-16-13(17(27)21(24)35-24)8-9-31-22(16)34-23-20(30)19(29)18(28)14(33-23)10-32-15(26)7-6-12-4-2-1-3-5-12/h1-9,13-14,16-23,25,27-30H,10-11H2/b7-6+/t13?,14?,16?,17-,18?,19?,20?,21-,22-,23?,24?/m0/s1. The van der Waals surface area contributed by atoms with E-state index in [1.807, 2.05) is 30.3 Å². The third-order valence-electron chi connectivity index (χ3n) is 7.05. The van der Waals surface area contributed by atoms with Crippen LogP contribution in [0.4, 0.5) is 0 Å². The zero-order valence-corrected chi connectivity index (χ0v) is 18.6. The van der Waals surface area contributed by atoms with Gasteiger partial charge in [-0.05, 0) is 17.7 Å². The Kier molecular flexibility index (Phi) is 6.68. The van der Waals surface area contributed by atoms with Crippen molar-refractivity contribution >= 4 is 12.0 Å². The summed E-state index contributed by atoms with van der Waals surface area (Å²) in [4.78, 5) is 12.1. The van der Waals surface area contributed by atoms with E-state index in [4.69, 9.17) is 23.7 Å². The van der Waals surface area contributed by atoms with E-state index in [1.54, 1.807) is 12.2 Å². The summed E-state index contributed by atoms with van der Waals surface area (Å²) in [5.74, 6) is -1.70. The molecule has 3 heterocycles. The van der Waals surface area contributed by atoms with Crippen LogP contribution in [0.25, 0.3) is 6.08 Å². The molecule has 1 saturated carbocycles. The van der Waals surface area contributed by atoms with Crippen molar-refractivity contribution in [1.82, 2.24) is 0 Å². The van der Waals surface area contributed by atoms with Crippen LogP contribution >= 0.6 is 0 Å². The number of fused-ring (bicyclic) bond motifs is 3. The van der Waals surface area contributed by atoms with Crippen molar-refractivity contribution in [2.75, 3.05) is 13.2 Å². The minimum absolute atomic E-state index is 0.364. The molecule has 11 atom stereocenters. The van der Waals surface area contributed by atoms with Crippen molar-refractivity contribution in [1.29, 1.82) is 0 Å². The Morgan fingerprint density at radius 1 is 1.03 bits per heavy atom. The molecule has 3 fully saturated rings. The van der Waals surface area contributed by atoms with E-state index in [0.29, 0.717) is 0 Å². The maximum absolute atomic E-state index is 12.1. The van der Waals surface area contributed by atoms with E-state index >= 15 is 0 Å². The summed E-state index contributed by atoms with van der Waals surface area (Å²) in [5, 5.41) is 51.5. The van der Waals surface area contributed by atoms with E-state index in [-0.39, 0.29) is 6.61 Å². The lowest BCUT2D eigenvalue weighted by Gasteiger charge is -2.43. The lowest BCUT2D eigenvalue weighted by atomic mass is 9.85. The van der Waals surface area contributed by atoms with Crippen LogP contribution in [0.2, 0.25) is 0 Å². The van der Waals surface area contributed by atoms with Crippen LogP contribution < -0.4 is 0 Å². The van der Waals surface area contributed by atoms with Crippen LogP contribution in [0.5, 0.6) is 0 Å². The highest BCUT2D eigenvalue weighted by Gasteiger charge is 2.75. The summed E-state index contributed by atoms with van der Waals surface area (Å²) in [6.45, 7) is -0.776. The van der Waals surface area contributed by atoms with Crippen LogP contribution in [0.15, 0.2) is 48.7 Å². The third kappa shape index (κ3) is 4.39. The van der Waals surface area contributed by atoms with Gasteiger partial charge in [0.15, 0.2) is 6.29 Å². The molecule has 5 N–H and O–H groups in total. The van der Waals surface area contributed by atoms with Crippen LogP contribution in [0, 0.1) is 11.8 Å². The second-order valence-corrected chi connectivity index (χ2v) is 9.10. The second-order valence-electron chi connectivity index (χ2n) is 9.10. The molecule has 2 saturated heterocycles. The summed E-state index contributed by atoms with van der Waals surface area (Å²) in [6.07, 6.45) is -4.23. The van der Waals surface area contributed by atoms with E-state index in [2.05, 4.69) is 0 Å². The first-order valence-corrected chi connectivity index (χ1v) is 11.4. The Labute approximate surface area is 200 Å². The number of ether oxygens (including phenoxy) is 5. The molecular weight excluding hydrogens is 464 g/mol. The molecule has 0 radical (unpaired) electrons. The van der Waals surface area contributed by atoms with Gasteiger partial charge < -0.3 is 49.2 Å². The Balaban J connectivity index is 1.22. The van der Waals surface area contributed by atoms with Gasteiger partial charge in [0.2, 0.25) is 6.29 Å². The zero-order chi connectivity index (χ0) is 24.7. The Bertz CT molecular complexity index is 967. The molecule has 1 aromatic rings. The van der Waals surface area contributed by atoms with Gasteiger partial charge in [-0.2, -0.15) is 0 Å². The lowest BCUT2D eigenvalue weighted by Crippen LogP contribution is -2.60. The van der Waals surface area contributed by atoms with Gasteiger partial charge in [-0.15, -0.1) is 0 Å². The van der Waals surface area contributed by atoms with Crippen LogP contribution in [-0.2, 0) is 28.5 Å². The van der Waals surface area contributed by atoms with Crippen molar-refractivity contribution in [3.8, 4) is 0 Å². The van der Waals surface area contributed by atoms with E-state index in [1.165, 1.54) is 12.3 Å².